The van der Waals surface area contributed by atoms with Gasteiger partial charge in [0.2, 0.25) is 11.8 Å². The Kier molecular flexibility index (Phi) is 9.24. The molecule has 5 heterocycles. The van der Waals surface area contributed by atoms with Crippen LogP contribution in [0, 0.1) is 22.2 Å². The van der Waals surface area contributed by atoms with Crippen molar-refractivity contribution >= 4 is 52.6 Å². The molecule has 5 amide bonds. The van der Waals surface area contributed by atoms with Crippen molar-refractivity contribution in [2.24, 2.45) is 10.8 Å². The smallest absolute Gasteiger partial charge is 0.282 e. The van der Waals surface area contributed by atoms with Gasteiger partial charge < -0.3 is 19.9 Å². The van der Waals surface area contributed by atoms with Gasteiger partial charge in [-0.1, -0.05) is 39.3 Å². The molecule has 56 heavy (non-hydrogen) atoms. The number of nitrogens with one attached hydrogen (secondary N) is 2. The summed E-state index contributed by atoms with van der Waals surface area (Å²) in [7, 11) is 0. The first-order chi connectivity index (χ1) is 26.7. The lowest BCUT2D eigenvalue weighted by Crippen LogP contribution is -2.74. The van der Waals surface area contributed by atoms with Gasteiger partial charge in [-0.25, -0.2) is 9.97 Å². The third-order valence-electron chi connectivity index (χ3n) is 12.1. The molecule has 1 unspecified atom stereocenters. The van der Waals surface area contributed by atoms with Gasteiger partial charge >= 0.3 is 0 Å². The number of carbonyl (C=O) groups excluding carboxylic acids is 5. The van der Waals surface area contributed by atoms with E-state index in [1.54, 1.807) is 18.2 Å². The molecule has 16 heteroatoms. The topological polar surface area (TPSA) is 181 Å². The second-order valence-corrected chi connectivity index (χ2v) is 16.7. The minimum atomic E-state index is -1.06. The van der Waals surface area contributed by atoms with Crippen LogP contribution in [-0.2, 0) is 9.59 Å². The van der Waals surface area contributed by atoms with Crippen LogP contribution in [-0.4, -0.2) is 113 Å². The molecule has 4 fully saturated rings. The number of anilines is 2. The van der Waals surface area contributed by atoms with Gasteiger partial charge in [-0.15, -0.1) is 0 Å². The zero-order chi connectivity index (χ0) is 39.7. The largest absolute Gasteiger partial charge is 0.489 e. The molecular formula is C40H42ClN9O6. The highest BCUT2D eigenvalue weighted by molar-refractivity contribution is 6.31. The van der Waals surface area contributed by atoms with Crippen LogP contribution in [0.5, 0.6) is 5.75 Å². The standard InChI is InChI=1S/C40H42ClN9O6/c1-39(2)37(40(3,4)38(39)56-26-10-7-23(18-42)27(41)17-26)46-33(52)22-5-8-24(9-6-22)47-13-15-48(16-14-47)25-20-49(21-25)29-19-43-31-32(44-29)36(55)50(35(31)54)28-11-12-30(51)45-34(28)53/h5-10,17,19,25,28,37-38H,11-16,20-21H2,1-4H3,(H,46,52)(H,45,51,53). The van der Waals surface area contributed by atoms with E-state index in [2.05, 4.69) is 64.2 Å². The van der Waals surface area contributed by atoms with Crippen molar-refractivity contribution in [1.82, 2.24) is 30.4 Å². The first-order valence-electron chi connectivity index (χ1n) is 18.8. The molecule has 8 rings (SSSR count). The number of fused-ring (bicyclic) bond motifs is 1. The van der Waals surface area contributed by atoms with E-state index >= 15 is 0 Å². The fourth-order valence-corrected chi connectivity index (χ4v) is 9.43. The number of aromatic nitrogens is 2. The number of nitriles is 1. The number of hydrogen-bond donors (Lipinski definition) is 2. The molecule has 3 saturated heterocycles. The van der Waals surface area contributed by atoms with Crippen LogP contribution < -0.4 is 25.2 Å². The second kappa shape index (κ2) is 13.9. The molecule has 5 aliphatic rings. The Hall–Kier alpha value is -5.59. The molecule has 2 N–H and O–H groups in total. The number of halogens is 1. The SMILES string of the molecule is CC1(C)C(NC(=O)c2ccc(N3CCN(C4CN(c5cnc6c(n5)C(=O)N(C5CCC(=O)NC5=O)C6=O)C4)CC3)cc2)C(C)(C)C1Oc1ccc(C#N)c(Cl)c1. The number of ether oxygens (including phenoxy) is 1. The van der Waals surface area contributed by atoms with E-state index in [-0.39, 0.29) is 53.1 Å². The predicted octanol–water partition coefficient (Wildman–Crippen LogP) is 3.03. The molecular weight excluding hydrogens is 738 g/mol. The van der Waals surface area contributed by atoms with Gasteiger partial charge in [0.25, 0.3) is 17.7 Å². The third kappa shape index (κ3) is 6.30. The number of nitrogens with zero attached hydrogens (tertiary/aromatic N) is 7. The number of carbonyl (C=O) groups is 5. The van der Waals surface area contributed by atoms with Crippen molar-refractivity contribution in [2.45, 2.75) is 64.8 Å². The summed E-state index contributed by atoms with van der Waals surface area (Å²) in [4.78, 5) is 80.0. The van der Waals surface area contributed by atoms with E-state index in [0.29, 0.717) is 46.8 Å². The first-order valence-corrected chi connectivity index (χ1v) is 19.1. The van der Waals surface area contributed by atoms with Crippen molar-refractivity contribution < 1.29 is 28.7 Å². The molecule has 2 aromatic carbocycles. The maximum Gasteiger partial charge on any atom is 0.282 e. The molecule has 0 bridgehead atoms. The lowest BCUT2D eigenvalue weighted by atomic mass is 9.49. The van der Waals surface area contributed by atoms with E-state index < -0.39 is 29.7 Å². The van der Waals surface area contributed by atoms with Gasteiger partial charge in [-0.2, -0.15) is 5.26 Å². The Morgan fingerprint density at radius 1 is 0.946 bits per heavy atom. The van der Waals surface area contributed by atoms with Crippen molar-refractivity contribution in [3.05, 3.63) is 76.2 Å². The molecule has 1 atom stereocenters. The van der Waals surface area contributed by atoms with E-state index in [9.17, 15) is 29.2 Å². The third-order valence-corrected chi connectivity index (χ3v) is 12.4. The summed E-state index contributed by atoms with van der Waals surface area (Å²) in [6.45, 7) is 13.1. The molecule has 15 nitrogen and oxygen atoms in total. The Labute approximate surface area is 328 Å². The first kappa shape index (κ1) is 37.3. The van der Waals surface area contributed by atoms with E-state index in [1.165, 1.54) is 6.20 Å². The zero-order valence-corrected chi connectivity index (χ0v) is 32.3. The number of amides is 5. The average molecular weight is 780 g/mol. The lowest BCUT2D eigenvalue weighted by molar-refractivity contribution is -0.164. The highest BCUT2D eigenvalue weighted by Crippen LogP contribution is 2.55. The van der Waals surface area contributed by atoms with Crippen molar-refractivity contribution in [3.63, 3.8) is 0 Å². The van der Waals surface area contributed by atoms with Gasteiger partial charge in [0.05, 0.1) is 16.8 Å². The summed E-state index contributed by atoms with van der Waals surface area (Å²) in [5.41, 5.74) is 1.14. The van der Waals surface area contributed by atoms with E-state index in [0.717, 1.165) is 36.8 Å². The van der Waals surface area contributed by atoms with Crippen LogP contribution in [0.3, 0.4) is 0 Å². The number of hydrogen-bond acceptors (Lipinski definition) is 12. The Bertz CT molecular complexity index is 2170. The fraction of sp³-hybridized carbons (Fsp3) is 0.450. The van der Waals surface area contributed by atoms with Crippen LogP contribution in [0.4, 0.5) is 11.5 Å². The number of rotatable bonds is 8. The maximum atomic E-state index is 13.5. The summed E-state index contributed by atoms with van der Waals surface area (Å²) in [6, 6.07) is 13.9. The van der Waals surface area contributed by atoms with Gasteiger partial charge in [0, 0.05) is 85.9 Å². The Morgan fingerprint density at radius 2 is 1.62 bits per heavy atom. The fourth-order valence-electron chi connectivity index (χ4n) is 9.22. The molecule has 290 valence electrons. The quantitative estimate of drug-likeness (QED) is 0.320. The van der Waals surface area contributed by atoms with Gasteiger partial charge in [0.15, 0.2) is 11.4 Å². The number of imide groups is 2. The second-order valence-electron chi connectivity index (χ2n) is 16.3. The van der Waals surface area contributed by atoms with Gasteiger partial charge in [-0.3, -0.25) is 39.1 Å². The number of piperazine rings is 1. The number of benzene rings is 2. The maximum absolute atomic E-state index is 13.5. The molecule has 0 radical (unpaired) electrons. The molecule has 0 spiro atoms. The van der Waals surface area contributed by atoms with Crippen LogP contribution in [0.1, 0.15) is 77.4 Å². The van der Waals surface area contributed by atoms with Crippen molar-refractivity contribution in [3.8, 4) is 11.8 Å². The Morgan fingerprint density at radius 3 is 2.27 bits per heavy atom. The minimum Gasteiger partial charge on any atom is -0.489 e. The van der Waals surface area contributed by atoms with Crippen LogP contribution in [0.25, 0.3) is 0 Å². The van der Waals surface area contributed by atoms with E-state index in [4.69, 9.17) is 16.3 Å². The average Bonchev–Trinajstić information content (AvgIpc) is 3.40. The van der Waals surface area contributed by atoms with Gasteiger partial charge in [0.1, 0.15) is 29.8 Å². The van der Waals surface area contributed by atoms with Crippen molar-refractivity contribution in [1.29, 1.82) is 5.26 Å². The van der Waals surface area contributed by atoms with Crippen molar-refractivity contribution in [2.75, 3.05) is 49.1 Å². The summed E-state index contributed by atoms with van der Waals surface area (Å²) >= 11 is 6.24. The summed E-state index contributed by atoms with van der Waals surface area (Å²) < 4.78 is 6.37. The predicted molar refractivity (Wildman–Crippen MR) is 204 cm³/mol. The van der Waals surface area contributed by atoms with Gasteiger partial charge in [-0.05, 0) is 42.8 Å². The minimum absolute atomic E-state index is 0.0432. The van der Waals surface area contributed by atoms with Crippen LogP contribution in [0.15, 0.2) is 48.7 Å². The van der Waals surface area contributed by atoms with E-state index in [1.807, 2.05) is 29.2 Å². The molecule has 4 aliphatic heterocycles. The van der Waals surface area contributed by atoms with Crippen LogP contribution in [0.2, 0.25) is 5.02 Å². The summed E-state index contributed by atoms with van der Waals surface area (Å²) in [5, 5.41) is 15.0. The number of piperidine rings is 1. The summed E-state index contributed by atoms with van der Waals surface area (Å²) in [5.74, 6) is -1.51. The molecule has 3 aromatic rings. The molecule has 1 aromatic heterocycles. The summed E-state index contributed by atoms with van der Waals surface area (Å²) in [6.07, 6.45) is 1.41. The highest BCUT2D eigenvalue weighted by atomic mass is 35.5. The lowest BCUT2D eigenvalue weighted by Gasteiger charge is -2.63. The monoisotopic (exact) mass is 779 g/mol. The zero-order valence-electron chi connectivity index (χ0n) is 31.5. The normalized spacial score (nSPS) is 24.5. The van der Waals surface area contributed by atoms with Crippen LogP contribution >= 0.6 is 11.6 Å². The Balaban J connectivity index is 0.817. The molecule has 1 aliphatic carbocycles. The highest BCUT2D eigenvalue weighted by Gasteiger charge is 2.64. The molecule has 1 saturated carbocycles.